The van der Waals surface area contributed by atoms with Crippen LogP contribution in [0, 0.1) is 5.82 Å². The van der Waals surface area contributed by atoms with Gasteiger partial charge in [-0.15, -0.1) is 0 Å². The maximum absolute atomic E-state index is 13.5. The zero-order valence-electron chi connectivity index (χ0n) is 20.9. The van der Waals surface area contributed by atoms with Crippen molar-refractivity contribution in [2.75, 3.05) is 7.11 Å². The number of methoxy groups -OCH3 is 1. The van der Waals surface area contributed by atoms with Crippen LogP contribution in [0.2, 0.25) is 0 Å². The number of fused-ring (bicyclic) bond motifs is 2. The van der Waals surface area contributed by atoms with Gasteiger partial charge in [-0.1, -0.05) is 30.3 Å². The third-order valence-corrected chi connectivity index (χ3v) is 6.24. The van der Waals surface area contributed by atoms with Crippen molar-refractivity contribution in [1.82, 2.24) is 9.66 Å². The summed E-state index contributed by atoms with van der Waals surface area (Å²) in [4.78, 5) is 18.2. The lowest BCUT2D eigenvalue weighted by Crippen LogP contribution is -2.20. The Morgan fingerprint density at radius 3 is 2.54 bits per heavy atom. The van der Waals surface area contributed by atoms with Crippen molar-refractivity contribution >= 4 is 28.1 Å². The number of benzene rings is 4. The minimum Gasteiger partial charge on any atom is -0.496 e. The van der Waals surface area contributed by atoms with Crippen LogP contribution in [0.25, 0.3) is 33.5 Å². The van der Waals surface area contributed by atoms with Crippen LogP contribution in [0.1, 0.15) is 11.1 Å². The van der Waals surface area contributed by atoms with Gasteiger partial charge < -0.3 is 13.9 Å². The molecule has 2 heterocycles. The number of para-hydroxylation sites is 1. The third-order valence-electron chi connectivity index (χ3n) is 6.24. The van der Waals surface area contributed by atoms with E-state index in [4.69, 9.17) is 18.9 Å². The predicted octanol–water partition coefficient (Wildman–Crippen LogP) is 6.42. The number of aromatic nitrogens is 2. The highest BCUT2D eigenvalue weighted by Crippen LogP contribution is 2.32. The van der Waals surface area contributed by atoms with Gasteiger partial charge in [-0.25, -0.2) is 9.37 Å². The molecule has 4 aromatic carbocycles. The smallest absolute Gasteiger partial charge is 0.282 e. The Bertz CT molecular complexity index is 1870. The Morgan fingerprint density at radius 2 is 1.74 bits per heavy atom. The summed E-state index contributed by atoms with van der Waals surface area (Å²) in [5.41, 5.74) is 2.44. The van der Waals surface area contributed by atoms with Crippen LogP contribution < -0.4 is 15.0 Å². The van der Waals surface area contributed by atoms with E-state index in [1.54, 1.807) is 61.9 Å². The molecule has 0 fully saturated rings. The van der Waals surface area contributed by atoms with Gasteiger partial charge in [0.15, 0.2) is 5.76 Å². The lowest BCUT2D eigenvalue weighted by Gasteiger charge is -2.08. The molecule has 0 unspecified atom stereocenters. The Morgan fingerprint density at radius 1 is 0.949 bits per heavy atom. The molecule has 0 amide bonds. The van der Waals surface area contributed by atoms with Crippen molar-refractivity contribution in [2.24, 2.45) is 5.10 Å². The van der Waals surface area contributed by atoms with Crippen LogP contribution in [-0.2, 0) is 6.61 Å². The van der Waals surface area contributed by atoms with Crippen LogP contribution >= 0.6 is 0 Å². The quantitative estimate of drug-likeness (QED) is 0.228. The number of halogens is 1. The van der Waals surface area contributed by atoms with Crippen LogP contribution in [0.15, 0.2) is 111 Å². The van der Waals surface area contributed by atoms with Crippen molar-refractivity contribution in [2.45, 2.75) is 6.61 Å². The minimum absolute atomic E-state index is 0.271. The van der Waals surface area contributed by atoms with Gasteiger partial charge in [-0.2, -0.15) is 9.78 Å². The molecule has 8 heteroatoms. The SMILES string of the molecule is COc1cccc2oc(-c3nc4ccccc4c(=O)n3N=Cc3ccc(OCc4ccc(F)cc4)cc3)cc12. The molecule has 0 spiro atoms. The van der Waals surface area contributed by atoms with Gasteiger partial charge in [-0.05, 0) is 77.9 Å². The Kier molecular flexibility index (Phi) is 6.34. The molecule has 0 aliphatic carbocycles. The van der Waals surface area contributed by atoms with E-state index in [2.05, 4.69) is 5.10 Å². The third kappa shape index (κ3) is 4.87. The molecule has 7 nitrogen and oxygen atoms in total. The van der Waals surface area contributed by atoms with Crippen molar-refractivity contribution in [1.29, 1.82) is 0 Å². The summed E-state index contributed by atoms with van der Waals surface area (Å²) < 4.78 is 31.7. The van der Waals surface area contributed by atoms with Crippen LogP contribution in [0.3, 0.4) is 0 Å². The number of nitrogens with zero attached hydrogens (tertiary/aromatic N) is 3. The number of hydrogen-bond acceptors (Lipinski definition) is 6. The van der Waals surface area contributed by atoms with E-state index in [0.29, 0.717) is 40.4 Å². The highest BCUT2D eigenvalue weighted by molar-refractivity contribution is 5.88. The Balaban J connectivity index is 1.33. The van der Waals surface area contributed by atoms with Gasteiger partial charge in [0.2, 0.25) is 5.82 Å². The summed E-state index contributed by atoms with van der Waals surface area (Å²) in [6.45, 7) is 0.317. The topological polar surface area (TPSA) is 78.9 Å². The highest BCUT2D eigenvalue weighted by atomic mass is 19.1. The van der Waals surface area contributed by atoms with E-state index in [9.17, 15) is 9.18 Å². The lowest BCUT2D eigenvalue weighted by atomic mass is 10.2. The average Bonchev–Trinajstić information content (AvgIpc) is 3.41. The van der Waals surface area contributed by atoms with Gasteiger partial charge in [0.1, 0.15) is 29.5 Å². The zero-order chi connectivity index (χ0) is 26.8. The molecule has 0 aliphatic heterocycles. The largest absolute Gasteiger partial charge is 0.496 e. The molecule has 0 aliphatic rings. The average molecular weight is 520 g/mol. The standard InChI is InChI=1S/C31H22FN3O4/c1-37-27-7-4-8-28-25(27)17-29(39-28)30-34-26-6-3-2-5-24(26)31(36)35(30)33-18-20-11-15-23(16-12-20)38-19-21-9-13-22(32)14-10-21/h2-18H,19H2,1H3. The van der Waals surface area contributed by atoms with Gasteiger partial charge >= 0.3 is 0 Å². The molecule has 0 bridgehead atoms. The summed E-state index contributed by atoms with van der Waals surface area (Å²) in [5.74, 6) is 1.68. The number of ether oxygens (including phenoxy) is 2. The fourth-order valence-corrected chi connectivity index (χ4v) is 4.23. The fraction of sp³-hybridized carbons (Fsp3) is 0.0645. The van der Waals surface area contributed by atoms with Gasteiger partial charge in [0, 0.05) is 0 Å². The van der Waals surface area contributed by atoms with Crippen molar-refractivity contribution in [3.8, 4) is 23.1 Å². The van der Waals surface area contributed by atoms with Crippen molar-refractivity contribution < 1.29 is 18.3 Å². The summed E-state index contributed by atoms with van der Waals surface area (Å²) in [7, 11) is 1.59. The molecule has 0 N–H and O–H groups in total. The Labute approximate surface area is 222 Å². The summed E-state index contributed by atoms with van der Waals surface area (Å²) in [6.07, 6.45) is 1.58. The molecule has 192 valence electrons. The van der Waals surface area contributed by atoms with Crippen molar-refractivity contribution in [3.05, 3.63) is 124 Å². The Hall–Kier alpha value is -5.24. The van der Waals surface area contributed by atoms with E-state index >= 15 is 0 Å². The first-order valence-corrected chi connectivity index (χ1v) is 12.2. The second kappa shape index (κ2) is 10.3. The van der Waals surface area contributed by atoms with E-state index in [1.165, 1.54) is 16.8 Å². The number of hydrogen-bond donors (Lipinski definition) is 0. The molecule has 39 heavy (non-hydrogen) atoms. The van der Waals surface area contributed by atoms with E-state index in [-0.39, 0.29) is 17.2 Å². The number of furan rings is 1. The van der Waals surface area contributed by atoms with Crippen molar-refractivity contribution in [3.63, 3.8) is 0 Å². The lowest BCUT2D eigenvalue weighted by molar-refractivity contribution is 0.306. The van der Waals surface area contributed by atoms with E-state index in [1.807, 2.05) is 36.4 Å². The van der Waals surface area contributed by atoms with E-state index in [0.717, 1.165) is 16.5 Å². The first-order chi connectivity index (χ1) is 19.1. The first kappa shape index (κ1) is 24.1. The molecule has 0 saturated heterocycles. The monoisotopic (exact) mass is 519 g/mol. The molecule has 6 aromatic rings. The first-order valence-electron chi connectivity index (χ1n) is 12.2. The highest BCUT2D eigenvalue weighted by Gasteiger charge is 2.17. The normalized spacial score (nSPS) is 11.4. The van der Waals surface area contributed by atoms with E-state index < -0.39 is 0 Å². The molecular weight excluding hydrogens is 497 g/mol. The maximum Gasteiger partial charge on any atom is 0.282 e. The summed E-state index contributed by atoms with van der Waals surface area (Å²) >= 11 is 0. The summed E-state index contributed by atoms with van der Waals surface area (Å²) in [5, 5.41) is 5.70. The minimum atomic E-state index is -0.321. The van der Waals surface area contributed by atoms with Crippen LogP contribution in [0.5, 0.6) is 11.5 Å². The van der Waals surface area contributed by atoms with Gasteiger partial charge in [0.25, 0.3) is 5.56 Å². The predicted molar refractivity (Wildman–Crippen MR) is 148 cm³/mol. The molecule has 0 atom stereocenters. The molecule has 2 aromatic heterocycles. The van der Waals surface area contributed by atoms with Crippen LogP contribution in [-0.4, -0.2) is 23.0 Å². The van der Waals surface area contributed by atoms with Crippen LogP contribution in [0.4, 0.5) is 4.39 Å². The zero-order valence-corrected chi connectivity index (χ0v) is 20.9. The molecule has 0 radical (unpaired) electrons. The molecule has 0 saturated carbocycles. The second-order valence-electron chi connectivity index (χ2n) is 8.78. The molecule has 6 rings (SSSR count). The maximum atomic E-state index is 13.5. The summed E-state index contributed by atoms with van der Waals surface area (Å²) in [6, 6.07) is 27.8. The fourth-order valence-electron chi connectivity index (χ4n) is 4.23. The van der Waals surface area contributed by atoms with Gasteiger partial charge in [0.05, 0.1) is 29.6 Å². The second-order valence-corrected chi connectivity index (χ2v) is 8.78. The number of rotatable bonds is 7. The van der Waals surface area contributed by atoms with Gasteiger partial charge in [-0.3, -0.25) is 4.79 Å². The molecular formula is C31H22FN3O4.